The molecule has 21 heavy (non-hydrogen) atoms. The molecule has 114 valence electrons. The summed E-state index contributed by atoms with van der Waals surface area (Å²) in [6.07, 6.45) is 3.21. The number of nitriles is 1. The lowest BCUT2D eigenvalue weighted by Crippen LogP contribution is -2.48. The molecule has 2 rings (SSSR count). The summed E-state index contributed by atoms with van der Waals surface area (Å²) in [4.78, 5) is 2.48. The van der Waals surface area contributed by atoms with Crippen LogP contribution in [0.2, 0.25) is 0 Å². The quantitative estimate of drug-likeness (QED) is 0.901. The minimum absolute atomic E-state index is 0.357. The first-order chi connectivity index (χ1) is 9.99. The number of fused-ring (bicyclic) bond motifs is 1. The van der Waals surface area contributed by atoms with E-state index in [-0.39, 0.29) is 0 Å². The van der Waals surface area contributed by atoms with Crippen molar-refractivity contribution in [3.8, 4) is 6.07 Å². The standard InChI is InChI=1S/C18H27N3/c1-5-20-18(4,13-19)12-15(3)21-10-6-7-16-11-14(2)8-9-17(16)21/h8-9,11,15,20H,5-7,10,12H2,1-4H3. The SMILES string of the molecule is CCNC(C)(C#N)CC(C)N1CCCc2cc(C)ccc21. The predicted molar refractivity (Wildman–Crippen MR) is 88.6 cm³/mol. The van der Waals surface area contributed by atoms with Crippen LogP contribution in [0.1, 0.15) is 44.7 Å². The van der Waals surface area contributed by atoms with Gasteiger partial charge in [0.25, 0.3) is 0 Å². The average Bonchev–Trinajstić information content (AvgIpc) is 2.46. The van der Waals surface area contributed by atoms with Crippen molar-refractivity contribution in [2.24, 2.45) is 0 Å². The Balaban J connectivity index is 2.18. The zero-order chi connectivity index (χ0) is 15.5. The molecule has 2 unspecified atom stereocenters. The summed E-state index contributed by atoms with van der Waals surface area (Å²) in [6.45, 7) is 10.4. The highest BCUT2D eigenvalue weighted by Gasteiger charge is 2.29. The molecule has 1 aliphatic heterocycles. The molecule has 0 aromatic heterocycles. The minimum atomic E-state index is -0.448. The number of anilines is 1. The molecule has 1 N–H and O–H groups in total. The topological polar surface area (TPSA) is 39.1 Å². The van der Waals surface area contributed by atoms with Crippen molar-refractivity contribution < 1.29 is 0 Å². The second-order valence-electron chi connectivity index (χ2n) is 6.46. The Bertz CT molecular complexity index is 532. The molecule has 3 nitrogen and oxygen atoms in total. The number of nitrogens with zero attached hydrogens (tertiary/aromatic N) is 2. The van der Waals surface area contributed by atoms with Gasteiger partial charge in [-0.15, -0.1) is 0 Å². The summed E-state index contributed by atoms with van der Waals surface area (Å²) in [6, 6.07) is 9.55. The summed E-state index contributed by atoms with van der Waals surface area (Å²) in [5.41, 5.74) is 3.69. The number of hydrogen-bond acceptors (Lipinski definition) is 3. The smallest absolute Gasteiger partial charge is 0.105 e. The van der Waals surface area contributed by atoms with Gasteiger partial charge in [0.05, 0.1) is 6.07 Å². The van der Waals surface area contributed by atoms with Crippen molar-refractivity contribution >= 4 is 5.69 Å². The summed E-state index contributed by atoms with van der Waals surface area (Å²) in [5.74, 6) is 0. The van der Waals surface area contributed by atoms with E-state index in [1.54, 1.807) is 0 Å². The molecular weight excluding hydrogens is 258 g/mol. The molecule has 0 aliphatic carbocycles. The Morgan fingerprint density at radius 1 is 1.48 bits per heavy atom. The third-order valence-corrected chi connectivity index (χ3v) is 4.44. The van der Waals surface area contributed by atoms with Crippen LogP contribution in [-0.4, -0.2) is 24.7 Å². The Kier molecular flexibility index (Phi) is 4.90. The van der Waals surface area contributed by atoms with E-state index in [0.29, 0.717) is 6.04 Å². The Labute approximate surface area is 129 Å². The first kappa shape index (κ1) is 15.9. The number of rotatable bonds is 5. The van der Waals surface area contributed by atoms with Crippen molar-refractivity contribution in [3.05, 3.63) is 29.3 Å². The Morgan fingerprint density at radius 2 is 2.24 bits per heavy atom. The molecule has 0 spiro atoms. The van der Waals surface area contributed by atoms with Crippen molar-refractivity contribution in [2.45, 2.75) is 58.5 Å². The second kappa shape index (κ2) is 6.49. The molecule has 0 saturated heterocycles. The first-order valence-corrected chi connectivity index (χ1v) is 8.01. The molecule has 0 saturated carbocycles. The van der Waals surface area contributed by atoms with Crippen molar-refractivity contribution in [1.82, 2.24) is 5.32 Å². The highest BCUT2D eigenvalue weighted by molar-refractivity contribution is 5.57. The third-order valence-electron chi connectivity index (χ3n) is 4.44. The zero-order valence-electron chi connectivity index (χ0n) is 13.7. The van der Waals surface area contributed by atoms with Gasteiger partial charge in [-0.1, -0.05) is 24.6 Å². The van der Waals surface area contributed by atoms with Crippen molar-refractivity contribution in [2.75, 3.05) is 18.0 Å². The van der Waals surface area contributed by atoms with Crippen LogP contribution < -0.4 is 10.2 Å². The summed E-state index contributed by atoms with van der Waals surface area (Å²) in [7, 11) is 0. The normalized spacial score (nSPS) is 18.5. The molecule has 2 atom stereocenters. The second-order valence-corrected chi connectivity index (χ2v) is 6.46. The van der Waals surface area contributed by atoms with Gasteiger partial charge < -0.3 is 4.90 Å². The lowest BCUT2D eigenvalue weighted by molar-refractivity contribution is 0.386. The molecular formula is C18H27N3. The molecule has 1 heterocycles. The highest BCUT2D eigenvalue weighted by Crippen LogP contribution is 2.31. The zero-order valence-corrected chi connectivity index (χ0v) is 13.7. The van der Waals surface area contributed by atoms with Gasteiger partial charge in [-0.05, 0) is 58.2 Å². The van der Waals surface area contributed by atoms with E-state index in [2.05, 4.69) is 55.3 Å². The van der Waals surface area contributed by atoms with Crippen LogP contribution in [0.15, 0.2) is 18.2 Å². The van der Waals surface area contributed by atoms with Crippen LogP contribution in [0.4, 0.5) is 5.69 Å². The van der Waals surface area contributed by atoms with Gasteiger partial charge in [0.1, 0.15) is 5.54 Å². The molecule has 3 heteroatoms. The van der Waals surface area contributed by atoms with Gasteiger partial charge in [-0.25, -0.2) is 0 Å². The van der Waals surface area contributed by atoms with E-state index in [1.807, 2.05) is 6.92 Å². The average molecular weight is 285 g/mol. The van der Waals surface area contributed by atoms with Crippen LogP contribution >= 0.6 is 0 Å². The minimum Gasteiger partial charge on any atom is -0.368 e. The number of benzene rings is 1. The lowest BCUT2D eigenvalue weighted by Gasteiger charge is -2.39. The molecule has 0 fully saturated rings. The van der Waals surface area contributed by atoms with Crippen LogP contribution in [-0.2, 0) is 6.42 Å². The molecule has 1 aromatic carbocycles. The van der Waals surface area contributed by atoms with Crippen LogP contribution in [0.25, 0.3) is 0 Å². The maximum absolute atomic E-state index is 9.46. The molecule has 0 bridgehead atoms. The van der Waals surface area contributed by atoms with Gasteiger partial charge in [0, 0.05) is 18.3 Å². The maximum Gasteiger partial charge on any atom is 0.105 e. The third kappa shape index (κ3) is 3.57. The van der Waals surface area contributed by atoms with E-state index in [0.717, 1.165) is 19.5 Å². The number of aryl methyl sites for hydroxylation is 2. The molecule has 0 radical (unpaired) electrons. The van der Waals surface area contributed by atoms with Gasteiger partial charge in [0.15, 0.2) is 0 Å². The fraction of sp³-hybridized carbons (Fsp3) is 0.611. The first-order valence-electron chi connectivity index (χ1n) is 8.01. The van der Waals surface area contributed by atoms with E-state index in [4.69, 9.17) is 0 Å². The van der Waals surface area contributed by atoms with Crippen LogP contribution in [0.3, 0.4) is 0 Å². The Hall–Kier alpha value is -1.53. The molecule has 1 aliphatic rings. The van der Waals surface area contributed by atoms with Crippen molar-refractivity contribution in [1.29, 1.82) is 5.26 Å². The van der Waals surface area contributed by atoms with Gasteiger partial charge in [-0.2, -0.15) is 5.26 Å². The van der Waals surface area contributed by atoms with E-state index in [9.17, 15) is 5.26 Å². The van der Waals surface area contributed by atoms with E-state index in [1.165, 1.54) is 29.7 Å². The monoisotopic (exact) mass is 285 g/mol. The van der Waals surface area contributed by atoms with E-state index >= 15 is 0 Å². The highest BCUT2D eigenvalue weighted by atomic mass is 15.2. The van der Waals surface area contributed by atoms with Gasteiger partial charge >= 0.3 is 0 Å². The summed E-state index contributed by atoms with van der Waals surface area (Å²) in [5, 5.41) is 12.8. The fourth-order valence-corrected chi connectivity index (χ4v) is 3.46. The summed E-state index contributed by atoms with van der Waals surface area (Å²) < 4.78 is 0. The Morgan fingerprint density at radius 3 is 2.90 bits per heavy atom. The molecule has 0 amide bonds. The van der Waals surface area contributed by atoms with Crippen molar-refractivity contribution in [3.63, 3.8) is 0 Å². The maximum atomic E-state index is 9.46. The predicted octanol–water partition coefficient (Wildman–Crippen LogP) is 3.42. The van der Waals surface area contributed by atoms with Gasteiger partial charge in [0.2, 0.25) is 0 Å². The molecule has 1 aromatic rings. The van der Waals surface area contributed by atoms with Crippen LogP contribution in [0.5, 0.6) is 0 Å². The number of hydrogen-bond donors (Lipinski definition) is 1. The van der Waals surface area contributed by atoms with Crippen LogP contribution in [0, 0.1) is 18.3 Å². The number of nitrogens with one attached hydrogen (secondary N) is 1. The lowest BCUT2D eigenvalue weighted by atomic mass is 9.91. The van der Waals surface area contributed by atoms with E-state index < -0.39 is 5.54 Å². The summed E-state index contributed by atoms with van der Waals surface area (Å²) >= 11 is 0. The van der Waals surface area contributed by atoms with Gasteiger partial charge in [-0.3, -0.25) is 5.32 Å². The largest absolute Gasteiger partial charge is 0.368 e. The fourth-order valence-electron chi connectivity index (χ4n) is 3.46.